The Balaban J connectivity index is 0.000000461. The van der Waals surface area contributed by atoms with E-state index in [0.717, 1.165) is 32.7 Å². The van der Waals surface area contributed by atoms with E-state index >= 15 is 0 Å². The van der Waals surface area contributed by atoms with Crippen molar-refractivity contribution in [2.45, 2.75) is 20.3 Å². The Labute approximate surface area is 69.5 Å². The molecule has 0 atom stereocenters. The van der Waals surface area contributed by atoms with Crippen molar-refractivity contribution in [1.82, 2.24) is 4.90 Å². The van der Waals surface area contributed by atoms with Gasteiger partial charge in [0.05, 0.1) is 6.61 Å². The van der Waals surface area contributed by atoms with Crippen LogP contribution in [0.3, 0.4) is 0 Å². The minimum Gasteiger partial charge on any atom is -0.380 e. The molecule has 0 amide bonds. The highest BCUT2D eigenvalue weighted by atomic mass is 16.5. The van der Waals surface area contributed by atoms with Crippen LogP contribution in [0.2, 0.25) is 0 Å². The van der Waals surface area contributed by atoms with Gasteiger partial charge in [-0.05, 0) is 6.42 Å². The fourth-order valence-corrected chi connectivity index (χ4v) is 0.980. The predicted octanol–water partition coefficient (Wildman–Crippen LogP) is 0.651. The molecular weight excluding hydrogens is 140 g/mol. The molecule has 1 rings (SSSR count). The molecule has 3 nitrogen and oxygen atoms in total. The molecule has 1 saturated heterocycles. The van der Waals surface area contributed by atoms with Crippen molar-refractivity contribution >= 4 is 0 Å². The van der Waals surface area contributed by atoms with E-state index in [1.54, 1.807) is 0 Å². The molecule has 2 N–H and O–H groups in total. The lowest BCUT2D eigenvalue weighted by Crippen LogP contribution is -2.31. The quantitative estimate of drug-likeness (QED) is 0.612. The van der Waals surface area contributed by atoms with Gasteiger partial charge in [-0.3, -0.25) is 4.90 Å². The molecule has 0 aromatic rings. The molecule has 1 fully saturated rings. The summed E-state index contributed by atoms with van der Waals surface area (Å²) < 4.78 is 5.23. The average molecular weight is 160 g/mol. The second kappa shape index (κ2) is 7.98. The van der Waals surface area contributed by atoms with Crippen LogP contribution in [0.25, 0.3) is 0 Å². The number of hydrogen-bond acceptors (Lipinski definition) is 3. The van der Waals surface area contributed by atoms with Gasteiger partial charge in [0.15, 0.2) is 0 Å². The van der Waals surface area contributed by atoms with Crippen molar-refractivity contribution in [2.75, 3.05) is 33.0 Å². The average Bonchev–Trinajstić information content (AvgIpc) is 2.35. The van der Waals surface area contributed by atoms with Crippen molar-refractivity contribution in [1.29, 1.82) is 0 Å². The van der Waals surface area contributed by atoms with Crippen LogP contribution in [0.4, 0.5) is 0 Å². The first-order valence-electron chi connectivity index (χ1n) is 4.43. The maximum Gasteiger partial charge on any atom is 0.0593 e. The van der Waals surface area contributed by atoms with E-state index in [2.05, 4.69) is 4.90 Å². The Bertz CT molecular complexity index is 70.5. The minimum absolute atomic E-state index is 0.670. The van der Waals surface area contributed by atoms with Gasteiger partial charge in [-0.15, -0.1) is 0 Å². The third-order valence-electron chi connectivity index (χ3n) is 1.57. The van der Waals surface area contributed by atoms with Crippen LogP contribution < -0.4 is 5.73 Å². The van der Waals surface area contributed by atoms with Gasteiger partial charge in [0.25, 0.3) is 0 Å². The number of nitrogens with zero attached hydrogens (tertiary/aromatic N) is 1. The third-order valence-corrected chi connectivity index (χ3v) is 1.57. The summed E-state index contributed by atoms with van der Waals surface area (Å²) in [6.45, 7) is 8.50. The van der Waals surface area contributed by atoms with E-state index in [0.29, 0.717) is 6.67 Å². The first-order valence-corrected chi connectivity index (χ1v) is 4.43. The maximum atomic E-state index is 5.44. The van der Waals surface area contributed by atoms with Crippen molar-refractivity contribution in [3.63, 3.8) is 0 Å². The highest BCUT2D eigenvalue weighted by Crippen LogP contribution is 1.95. The van der Waals surface area contributed by atoms with Crippen LogP contribution in [0, 0.1) is 0 Å². The standard InChI is InChI=1S/C6H14N2O.C2H6/c7-6-8-2-1-4-9-5-3-8;1-2/h1-7H2;1-2H3. The van der Waals surface area contributed by atoms with Gasteiger partial charge in [-0.1, -0.05) is 13.8 Å². The number of ether oxygens (including phenoxy) is 1. The molecule has 0 radical (unpaired) electrons. The summed E-state index contributed by atoms with van der Waals surface area (Å²) in [6, 6.07) is 0. The summed E-state index contributed by atoms with van der Waals surface area (Å²) in [4.78, 5) is 2.20. The number of rotatable bonds is 1. The van der Waals surface area contributed by atoms with Crippen LogP contribution in [0.15, 0.2) is 0 Å². The Kier molecular flexibility index (Phi) is 7.89. The Morgan fingerprint density at radius 1 is 1.27 bits per heavy atom. The molecule has 3 heteroatoms. The normalized spacial score (nSPS) is 19.9. The van der Waals surface area contributed by atoms with E-state index in [4.69, 9.17) is 10.5 Å². The molecule has 1 heterocycles. The summed E-state index contributed by atoms with van der Waals surface area (Å²) in [7, 11) is 0. The zero-order chi connectivity index (χ0) is 8.53. The highest BCUT2D eigenvalue weighted by molar-refractivity contribution is 4.57. The van der Waals surface area contributed by atoms with Gasteiger partial charge in [0.2, 0.25) is 0 Å². The fraction of sp³-hybridized carbons (Fsp3) is 1.00. The summed E-state index contributed by atoms with van der Waals surface area (Å²) >= 11 is 0. The lowest BCUT2D eigenvalue weighted by atomic mass is 10.4. The third kappa shape index (κ3) is 5.18. The molecule has 0 unspecified atom stereocenters. The van der Waals surface area contributed by atoms with Crippen LogP contribution in [-0.2, 0) is 4.74 Å². The van der Waals surface area contributed by atoms with Gasteiger partial charge in [-0.2, -0.15) is 0 Å². The first kappa shape index (κ1) is 10.9. The summed E-state index contributed by atoms with van der Waals surface area (Å²) in [5, 5.41) is 0. The fourth-order valence-electron chi connectivity index (χ4n) is 0.980. The van der Waals surface area contributed by atoms with Gasteiger partial charge in [-0.25, -0.2) is 0 Å². The molecule has 0 spiro atoms. The van der Waals surface area contributed by atoms with E-state index in [9.17, 15) is 0 Å². The molecule has 68 valence electrons. The Hall–Kier alpha value is -0.120. The summed E-state index contributed by atoms with van der Waals surface area (Å²) in [5.41, 5.74) is 5.44. The Morgan fingerprint density at radius 2 is 2.00 bits per heavy atom. The van der Waals surface area contributed by atoms with Crippen LogP contribution in [-0.4, -0.2) is 37.9 Å². The predicted molar refractivity (Wildman–Crippen MR) is 47.4 cm³/mol. The van der Waals surface area contributed by atoms with Crippen molar-refractivity contribution < 1.29 is 4.74 Å². The maximum absolute atomic E-state index is 5.44. The largest absolute Gasteiger partial charge is 0.380 e. The SMILES string of the molecule is CC.NCN1CCCOCC1. The topological polar surface area (TPSA) is 38.5 Å². The number of nitrogens with two attached hydrogens (primary N) is 1. The van der Waals surface area contributed by atoms with Gasteiger partial charge < -0.3 is 10.5 Å². The monoisotopic (exact) mass is 160 g/mol. The van der Waals surface area contributed by atoms with Crippen LogP contribution in [0.1, 0.15) is 20.3 Å². The molecule has 0 bridgehead atoms. The van der Waals surface area contributed by atoms with E-state index in [-0.39, 0.29) is 0 Å². The van der Waals surface area contributed by atoms with E-state index in [1.807, 2.05) is 13.8 Å². The molecule has 0 aliphatic carbocycles. The van der Waals surface area contributed by atoms with Crippen LogP contribution in [0.5, 0.6) is 0 Å². The molecule has 1 aliphatic heterocycles. The molecular formula is C8H20N2O. The Morgan fingerprint density at radius 3 is 2.64 bits per heavy atom. The van der Waals surface area contributed by atoms with Gasteiger partial charge in [0.1, 0.15) is 0 Å². The smallest absolute Gasteiger partial charge is 0.0593 e. The lowest BCUT2D eigenvalue weighted by molar-refractivity contribution is 0.142. The zero-order valence-corrected chi connectivity index (χ0v) is 7.68. The molecule has 0 aromatic carbocycles. The zero-order valence-electron chi connectivity index (χ0n) is 7.68. The molecule has 0 aromatic heterocycles. The van der Waals surface area contributed by atoms with E-state index in [1.165, 1.54) is 0 Å². The first-order chi connectivity index (χ1) is 5.43. The van der Waals surface area contributed by atoms with Gasteiger partial charge >= 0.3 is 0 Å². The summed E-state index contributed by atoms with van der Waals surface area (Å²) in [5.74, 6) is 0. The molecule has 11 heavy (non-hydrogen) atoms. The second-order valence-electron chi connectivity index (χ2n) is 2.27. The lowest BCUT2D eigenvalue weighted by Gasteiger charge is -2.14. The van der Waals surface area contributed by atoms with E-state index < -0.39 is 0 Å². The van der Waals surface area contributed by atoms with Crippen LogP contribution >= 0.6 is 0 Å². The van der Waals surface area contributed by atoms with Gasteiger partial charge in [0, 0.05) is 26.4 Å². The van der Waals surface area contributed by atoms with Crippen molar-refractivity contribution in [2.24, 2.45) is 5.73 Å². The second-order valence-corrected chi connectivity index (χ2v) is 2.27. The molecule has 1 aliphatic rings. The summed E-state index contributed by atoms with van der Waals surface area (Å²) in [6.07, 6.45) is 1.12. The number of hydrogen-bond donors (Lipinski definition) is 1. The minimum atomic E-state index is 0.670. The molecule has 0 saturated carbocycles. The van der Waals surface area contributed by atoms with Crippen molar-refractivity contribution in [3.05, 3.63) is 0 Å². The van der Waals surface area contributed by atoms with Crippen molar-refractivity contribution in [3.8, 4) is 0 Å². The highest BCUT2D eigenvalue weighted by Gasteiger charge is 2.05.